The summed E-state index contributed by atoms with van der Waals surface area (Å²) in [5, 5.41) is 8.27. The molecule has 0 bridgehead atoms. The van der Waals surface area contributed by atoms with Crippen molar-refractivity contribution in [3.8, 4) is 5.75 Å². The first-order chi connectivity index (χ1) is 7.76. The monoisotopic (exact) mass is 219 g/mol. The number of hydroxylamine groups is 1. The van der Waals surface area contributed by atoms with Gasteiger partial charge in [0.1, 0.15) is 12.4 Å². The predicted molar refractivity (Wildman–Crippen MR) is 61.1 cm³/mol. The standard InChI is InChI=1S/C12H13NO3/c1-2-9-16-11-6-3-10(4-7-11)5-8-12(14)13-15/h2-8,15H,1,9H2,(H,13,14)/b8-5+. The van der Waals surface area contributed by atoms with E-state index in [2.05, 4.69) is 6.58 Å². The fourth-order valence-corrected chi connectivity index (χ4v) is 1.04. The van der Waals surface area contributed by atoms with Crippen molar-refractivity contribution < 1.29 is 14.7 Å². The van der Waals surface area contributed by atoms with Crippen molar-refractivity contribution in [1.29, 1.82) is 0 Å². The van der Waals surface area contributed by atoms with Gasteiger partial charge in [-0.2, -0.15) is 0 Å². The summed E-state index contributed by atoms with van der Waals surface area (Å²) in [5.41, 5.74) is 2.36. The van der Waals surface area contributed by atoms with E-state index >= 15 is 0 Å². The molecule has 2 N–H and O–H groups in total. The summed E-state index contributed by atoms with van der Waals surface area (Å²) in [6.07, 6.45) is 4.49. The van der Waals surface area contributed by atoms with Gasteiger partial charge in [0.25, 0.3) is 5.91 Å². The molecule has 1 rings (SSSR count). The third-order valence-electron chi connectivity index (χ3n) is 1.79. The molecular weight excluding hydrogens is 206 g/mol. The second kappa shape index (κ2) is 6.42. The Morgan fingerprint density at radius 1 is 1.44 bits per heavy atom. The Bertz CT molecular complexity index is 382. The maximum absolute atomic E-state index is 10.7. The highest BCUT2D eigenvalue weighted by atomic mass is 16.5. The molecule has 0 unspecified atom stereocenters. The van der Waals surface area contributed by atoms with E-state index in [0.29, 0.717) is 6.61 Å². The summed E-state index contributed by atoms with van der Waals surface area (Å²) < 4.78 is 5.30. The highest BCUT2D eigenvalue weighted by Crippen LogP contribution is 2.12. The van der Waals surface area contributed by atoms with Gasteiger partial charge < -0.3 is 4.74 Å². The molecule has 1 amide bonds. The number of hydrogen-bond acceptors (Lipinski definition) is 3. The second-order valence-electron chi connectivity index (χ2n) is 2.98. The van der Waals surface area contributed by atoms with Crippen molar-refractivity contribution >= 4 is 12.0 Å². The van der Waals surface area contributed by atoms with Crippen molar-refractivity contribution in [2.75, 3.05) is 6.61 Å². The zero-order valence-corrected chi connectivity index (χ0v) is 8.72. The van der Waals surface area contributed by atoms with Crippen molar-refractivity contribution in [3.05, 3.63) is 48.6 Å². The Balaban J connectivity index is 2.60. The van der Waals surface area contributed by atoms with Crippen LogP contribution in [-0.2, 0) is 4.79 Å². The molecule has 0 aliphatic rings. The Kier molecular flexibility index (Phi) is 4.82. The first kappa shape index (κ1) is 12.0. The second-order valence-corrected chi connectivity index (χ2v) is 2.98. The van der Waals surface area contributed by atoms with E-state index in [1.807, 2.05) is 0 Å². The van der Waals surface area contributed by atoms with E-state index in [-0.39, 0.29) is 0 Å². The summed E-state index contributed by atoms with van der Waals surface area (Å²) in [5.74, 6) is 0.177. The number of hydrogen-bond donors (Lipinski definition) is 2. The fourth-order valence-electron chi connectivity index (χ4n) is 1.04. The van der Waals surface area contributed by atoms with Gasteiger partial charge in [0.05, 0.1) is 0 Å². The number of nitrogens with one attached hydrogen (secondary N) is 1. The molecule has 0 spiro atoms. The van der Waals surface area contributed by atoms with Crippen LogP contribution in [0.3, 0.4) is 0 Å². The number of carbonyl (C=O) groups is 1. The lowest BCUT2D eigenvalue weighted by Gasteiger charge is -2.02. The first-order valence-corrected chi connectivity index (χ1v) is 4.72. The number of carbonyl (C=O) groups excluding carboxylic acids is 1. The van der Waals surface area contributed by atoms with Crippen LogP contribution in [0.4, 0.5) is 0 Å². The van der Waals surface area contributed by atoms with Gasteiger partial charge in [-0.3, -0.25) is 10.0 Å². The van der Waals surface area contributed by atoms with Gasteiger partial charge >= 0.3 is 0 Å². The first-order valence-electron chi connectivity index (χ1n) is 4.72. The highest BCUT2D eigenvalue weighted by molar-refractivity contribution is 5.90. The molecule has 0 saturated carbocycles. The van der Waals surface area contributed by atoms with Crippen LogP contribution in [0.25, 0.3) is 6.08 Å². The summed E-state index contributed by atoms with van der Waals surface area (Å²) in [6, 6.07) is 7.19. The molecule has 0 heterocycles. The molecule has 1 aromatic rings. The van der Waals surface area contributed by atoms with Crippen molar-refractivity contribution in [2.24, 2.45) is 0 Å². The van der Waals surface area contributed by atoms with Crippen LogP contribution in [0.2, 0.25) is 0 Å². The van der Waals surface area contributed by atoms with Crippen LogP contribution < -0.4 is 10.2 Å². The summed E-state index contributed by atoms with van der Waals surface area (Å²) in [6.45, 7) is 4.01. The van der Waals surface area contributed by atoms with Gasteiger partial charge in [0.15, 0.2) is 0 Å². The Morgan fingerprint density at radius 2 is 2.12 bits per heavy atom. The molecule has 0 fully saturated rings. The van der Waals surface area contributed by atoms with Gasteiger partial charge in [0.2, 0.25) is 0 Å². The molecular formula is C12H13NO3. The summed E-state index contributed by atoms with van der Waals surface area (Å²) >= 11 is 0. The van der Waals surface area contributed by atoms with Gasteiger partial charge in [-0.15, -0.1) is 0 Å². The van der Waals surface area contributed by atoms with Gasteiger partial charge in [-0.1, -0.05) is 24.8 Å². The van der Waals surface area contributed by atoms with E-state index in [1.165, 1.54) is 11.6 Å². The van der Waals surface area contributed by atoms with Gasteiger partial charge in [-0.05, 0) is 23.8 Å². The third kappa shape index (κ3) is 3.98. The molecule has 0 saturated heterocycles. The van der Waals surface area contributed by atoms with Gasteiger partial charge in [-0.25, -0.2) is 5.48 Å². The number of rotatable bonds is 5. The largest absolute Gasteiger partial charge is 0.490 e. The SMILES string of the molecule is C=CCOc1ccc(/C=C/C(=O)NO)cc1. The summed E-state index contributed by atoms with van der Waals surface area (Å²) in [4.78, 5) is 10.7. The zero-order chi connectivity index (χ0) is 11.8. The van der Waals surface area contributed by atoms with E-state index in [0.717, 1.165) is 11.3 Å². The molecule has 0 radical (unpaired) electrons. The fraction of sp³-hybridized carbons (Fsp3) is 0.0833. The molecule has 0 aromatic heterocycles. The van der Waals surface area contributed by atoms with Crippen LogP contribution in [-0.4, -0.2) is 17.7 Å². The molecule has 1 aromatic carbocycles. The lowest BCUT2D eigenvalue weighted by atomic mass is 10.2. The number of amides is 1. The van der Waals surface area contributed by atoms with Crippen LogP contribution in [0.5, 0.6) is 5.75 Å². The van der Waals surface area contributed by atoms with Crippen molar-refractivity contribution in [1.82, 2.24) is 5.48 Å². The number of benzene rings is 1. The average Bonchev–Trinajstić information content (AvgIpc) is 2.34. The Morgan fingerprint density at radius 3 is 2.69 bits per heavy atom. The Hall–Kier alpha value is -2.07. The topological polar surface area (TPSA) is 58.6 Å². The highest BCUT2D eigenvalue weighted by Gasteiger charge is 1.93. The minimum Gasteiger partial charge on any atom is -0.490 e. The van der Waals surface area contributed by atoms with E-state index in [9.17, 15) is 4.79 Å². The van der Waals surface area contributed by atoms with Crippen LogP contribution in [0.1, 0.15) is 5.56 Å². The quantitative estimate of drug-likeness (QED) is 0.343. The summed E-state index contributed by atoms with van der Waals surface area (Å²) in [7, 11) is 0. The normalized spacial score (nSPS) is 10.1. The third-order valence-corrected chi connectivity index (χ3v) is 1.79. The zero-order valence-electron chi connectivity index (χ0n) is 8.72. The minimum absolute atomic E-state index is 0.460. The van der Waals surface area contributed by atoms with Crippen molar-refractivity contribution in [2.45, 2.75) is 0 Å². The van der Waals surface area contributed by atoms with E-state index < -0.39 is 5.91 Å². The minimum atomic E-state index is -0.563. The molecule has 84 valence electrons. The molecule has 0 aliphatic heterocycles. The Labute approximate surface area is 93.8 Å². The van der Waals surface area contributed by atoms with Gasteiger partial charge in [0, 0.05) is 6.08 Å². The smallest absolute Gasteiger partial charge is 0.267 e. The van der Waals surface area contributed by atoms with Crippen LogP contribution in [0, 0.1) is 0 Å². The molecule has 0 atom stereocenters. The number of ether oxygens (including phenoxy) is 1. The van der Waals surface area contributed by atoms with Crippen molar-refractivity contribution in [3.63, 3.8) is 0 Å². The maximum atomic E-state index is 10.7. The van der Waals surface area contributed by atoms with Crippen LogP contribution >= 0.6 is 0 Å². The molecule has 4 heteroatoms. The maximum Gasteiger partial charge on any atom is 0.267 e. The average molecular weight is 219 g/mol. The lowest BCUT2D eigenvalue weighted by Crippen LogP contribution is -2.14. The molecule has 16 heavy (non-hydrogen) atoms. The predicted octanol–water partition coefficient (Wildman–Crippen LogP) is 1.77. The molecule has 4 nitrogen and oxygen atoms in total. The molecule has 0 aliphatic carbocycles. The van der Waals surface area contributed by atoms with Crippen LogP contribution in [0.15, 0.2) is 43.0 Å². The lowest BCUT2D eigenvalue weighted by molar-refractivity contribution is -0.124. The van der Waals surface area contributed by atoms with E-state index in [4.69, 9.17) is 9.94 Å². The van der Waals surface area contributed by atoms with E-state index in [1.54, 1.807) is 36.4 Å².